The topological polar surface area (TPSA) is 58.6 Å². The van der Waals surface area contributed by atoms with Crippen LogP contribution in [0.25, 0.3) is 6.08 Å². The van der Waals surface area contributed by atoms with E-state index in [-0.39, 0.29) is 28.1 Å². The zero-order valence-electron chi connectivity index (χ0n) is 13.6. The van der Waals surface area contributed by atoms with E-state index >= 15 is 0 Å². The summed E-state index contributed by atoms with van der Waals surface area (Å²) in [6.45, 7) is 0.0183. The Balaban J connectivity index is 1.90. The van der Waals surface area contributed by atoms with E-state index < -0.39 is 11.9 Å². The van der Waals surface area contributed by atoms with Crippen LogP contribution < -0.4 is 15.0 Å². The maximum atomic E-state index is 12.6. The van der Waals surface area contributed by atoms with E-state index in [0.29, 0.717) is 16.3 Å². The third kappa shape index (κ3) is 4.04. The van der Waals surface area contributed by atoms with E-state index in [1.54, 1.807) is 36.4 Å². The molecule has 3 rings (SSSR count). The Morgan fingerprint density at radius 2 is 1.74 bits per heavy atom. The van der Waals surface area contributed by atoms with Gasteiger partial charge in [0.25, 0.3) is 5.91 Å². The molecule has 1 aliphatic rings. The molecule has 5 nitrogen and oxygen atoms in total. The lowest BCUT2D eigenvalue weighted by atomic mass is 10.1. The summed E-state index contributed by atoms with van der Waals surface area (Å²) in [6.07, 6.45) is 6.62. The first-order chi connectivity index (χ1) is 12.9. The first-order valence-electron chi connectivity index (χ1n) is 7.58. The second-order valence-corrected chi connectivity index (χ2v) is 6.66. The molecule has 2 aromatic carbocycles. The van der Waals surface area contributed by atoms with Crippen molar-refractivity contribution in [3.8, 4) is 18.1 Å². The average Bonchev–Trinajstić information content (AvgIpc) is 2.89. The Morgan fingerprint density at radius 3 is 2.33 bits per heavy atom. The molecular formula is C19H11Cl3N2O3. The Kier molecular flexibility index (Phi) is 5.62. The van der Waals surface area contributed by atoms with Crippen molar-refractivity contribution in [3.05, 3.63) is 62.7 Å². The second-order valence-electron chi connectivity index (χ2n) is 5.41. The number of rotatable bonds is 4. The molecule has 8 heteroatoms. The maximum Gasteiger partial charge on any atom is 0.333 e. The van der Waals surface area contributed by atoms with Gasteiger partial charge in [-0.25, -0.2) is 9.69 Å². The normalized spacial score (nSPS) is 15.0. The van der Waals surface area contributed by atoms with E-state index in [2.05, 4.69) is 11.2 Å². The number of hydrogen-bond donors (Lipinski definition) is 1. The highest BCUT2D eigenvalue weighted by Gasteiger charge is 2.34. The largest absolute Gasteiger partial charge is 0.478 e. The SMILES string of the molecule is C#CCOc1c(Cl)cc(/C=C2/NC(=O)N(c3ccc(Cl)cc3)C2=O)cc1Cl. The van der Waals surface area contributed by atoms with E-state index in [0.717, 1.165) is 4.90 Å². The molecule has 0 aromatic heterocycles. The summed E-state index contributed by atoms with van der Waals surface area (Å²) in [5.74, 6) is 2.06. The Bertz CT molecular complexity index is 971. The van der Waals surface area contributed by atoms with Crippen LogP contribution in [0.4, 0.5) is 10.5 Å². The lowest BCUT2D eigenvalue weighted by Crippen LogP contribution is -2.30. The number of urea groups is 1. The Labute approximate surface area is 170 Å². The van der Waals surface area contributed by atoms with Crippen LogP contribution in [0, 0.1) is 12.3 Å². The predicted molar refractivity (Wildman–Crippen MR) is 106 cm³/mol. The number of carbonyl (C=O) groups excluding carboxylic acids is 2. The first-order valence-corrected chi connectivity index (χ1v) is 8.72. The van der Waals surface area contributed by atoms with E-state index in [4.69, 9.17) is 46.0 Å². The Morgan fingerprint density at radius 1 is 1.11 bits per heavy atom. The maximum absolute atomic E-state index is 12.6. The molecule has 0 saturated carbocycles. The molecule has 0 bridgehead atoms. The van der Waals surface area contributed by atoms with Gasteiger partial charge in [-0.05, 0) is 48.0 Å². The van der Waals surface area contributed by atoms with Crippen molar-refractivity contribution in [1.82, 2.24) is 5.32 Å². The zero-order chi connectivity index (χ0) is 19.6. The molecule has 0 aliphatic carbocycles. The van der Waals surface area contributed by atoms with Crippen LogP contribution in [0.15, 0.2) is 42.1 Å². The number of hydrogen-bond acceptors (Lipinski definition) is 3. The minimum Gasteiger partial charge on any atom is -0.478 e. The lowest BCUT2D eigenvalue weighted by Gasteiger charge is -2.11. The number of ether oxygens (including phenoxy) is 1. The fraction of sp³-hybridized carbons (Fsp3) is 0.0526. The van der Waals surface area contributed by atoms with Gasteiger partial charge in [-0.1, -0.05) is 40.7 Å². The molecule has 2 aromatic rings. The molecule has 1 fully saturated rings. The van der Waals surface area contributed by atoms with Crippen molar-refractivity contribution in [2.45, 2.75) is 0 Å². The summed E-state index contributed by atoms with van der Waals surface area (Å²) in [5, 5.41) is 3.49. The second kappa shape index (κ2) is 7.93. The molecule has 1 heterocycles. The molecule has 27 heavy (non-hydrogen) atoms. The van der Waals surface area contributed by atoms with Crippen molar-refractivity contribution in [3.63, 3.8) is 0 Å². The molecular weight excluding hydrogens is 411 g/mol. The summed E-state index contributed by atoms with van der Waals surface area (Å²) >= 11 is 18.2. The van der Waals surface area contributed by atoms with Gasteiger partial charge in [0, 0.05) is 5.02 Å². The number of nitrogens with zero attached hydrogens (tertiary/aromatic N) is 1. The molecule has 1 aliphatic heterocycles. The van der Waals surface area contributed by atoms with Gasteiger partial charge in [0.2, 0.25) is 0 Å². The van der Waals surface area contributed by atoms with E-state index in [9.17, 15) is 9.59 Å². The van der Waals surface area contributed by atoms with Gasteiger partial charge in [0.05, 0.1) is 15.7 Å². The van der Waals surface area contributed by atoms with Crippen LogP contribution >= 0.6 is 34.8 Å². The third-order valence-corrected chi connectivity index (χ3v) is 4.41. The van der Waals surface area contributed by atoms with Crippen LogP contribution in [0.3, 0.4) is 0 Å². The summed E-state index contributed by atoms with van der Waals surface area (Å²) in [6, 6.07) is 8.87. The van der Waals surface area contributed by atoms with Gasteiger partial charge in [-0.15, -0.1) is 6.42 Å². The summed E-state index contributed by atoms with van der Waals surface area (Å²) < 4.78 is 5.29. The van der Waals surface area contributed by atoms with Crippen LogP contribution in [-0.4, -0.2) is 18.5 Å². The smallest absolute Gasteiger partial charge is 0.333 e. The zero-order valence-corrected chi connectivity index (χ0v) is 15.9. The van der Waals surface area contributed by atoms with Crippen LogP contribution in [0.1, 0.15) is 5.56 Å². The number of nitrogens with one attached hydrogen (secondary N) is 1. The fourth-order valence-corrected chi connectivity index (χ4v) is 3.18. The quantitative estimate of drug-likeness (QED) is 0.440. The summed E-state index contributed by atoms with van der Waals surface area (Å²) in [5.41, 5.74) is 0.999. The van der Waals surface area contributed by atoms with Crippen molar-refractivity contribution in [2.24, 2.45) is 0 Å². The van der Waals surface area contributed by atoms with Gasteiger partial charge in [-0.3, -0.25) is 4.79 Å². The molecule has 1 N–H and O–H groups in total. The molecule has 136 valence electrons. The molecule has 0 atom stereocenters. The fourth-order valence-electron chi connectivity index (χ4n) is 2.44. The standard InChI is InChI=1S/C19H11Cl3N2O3/c1-2-7-27-17-14(21)8-11(9-15(17)22)10-16-18(25)24(19(26)23-16)13-5-3-12(20)4-6-13/h1,3-6,8-10H,7H2,(H,23,26)/b16-10+. The van der Waals surface area contributed by atoms with Crippen molar-refractivity contribution < 1.29 is 14.3 Å². The molecule has 1 saturated heterocycles. The number of amides is 3. The minimum absolute atomic E-state index is 0.0183. The minimum atomic E-state index is -0.570. The van der Waals surface area contributed by atoms with Gasteiger partial charge in [0.1, 0.15) is 12.3 Å². The summed E-state index contributed by atoms with van der Waals surface area (Å²) in [7, 11) is 0. The van der Waals surface area contributed by atoms with E-state index in [1.165, 1.54) is 6.08 Å². The summed E-state index contributed by atoms with van der Waals surface area (Å²) in [4.78, 5) is 25.8. The van der Waals surface area contributed by atoms with Crippen LogP contribution in [0.2, 0.25) is 15.1 Å². The van der Waals surface area contributed by atoms with Gasteiger partial charge < -0.3 is 10.1 Å². The van der Waals surface area contributed by atoms with Gasteiger partial charge >= 0.3 is 6.03 Å². The van der Waals surface area contributed by atoms with Gasteiger partial charge in [-0.2, -0.15) is 0 Å². The van der Waals surface area contributed by atoms with Crippen molar-refractivity contribution in [2.75, 3.05) is 11.5 Å². The molecule has 0 radical (unpaired) electrons. The van der Waals surface area contributed by atoms with Crippen molar-refractivity contribution in [1.29, 1.82) is 0 Å². The number of anilines is 1. The third-order valence-electron chi connectivity index (χ3n) is 3.59. The molecule has 3 amide bonds. The number of carbonyl (C=O) groups is 2. The Hall–Kier alpha value is -2.65. The van der Waals surface area contributed by atoms with Gasteiger partial charge in [0.15, 0.2) is 5.75 Å². The monoisotopic (exact) mass is 420 g/mol. The van der Waals surface area contributed by atoms with Crippen LogP contribution in [-0.2, 0) is 4.79 Å². The highest BCUT2D eigenvalue weighted by molar-refractivity contribution is 6.37. The van der Waals surface area contributed by atoms with Crippen LogP contribution in [0.5, 0.6) is 5.75 Å². The lowest BCUT2D eigenvalue weighted by molar-refractivity contribution is -0.113. The molecule has 0 spiro atoms. The average molecular weight is 422 g/mol. The highest BCUT2D eigenvalue weighted by Crippen LogP contribution is 2.35. The number of halogens is 3. The van der Waals surface area contributed by atoms with Crippen molar-refractivity contribution >= 4 is 58.5 Å². The highest BCUT2D eigenvalue weighted by atomic mass is 35.5. The molecule has 0 unspecified atom stereocenters. The number of imide groups is 1. The first kappa shape index (κ1) is 19.1. The number of terminal acetylenes is 1. The van der Waals surface area contributed by atoms with E-state index in [1.807, 2.05) is 0 Å². The predicted octanol–water partition coefficient (Wildman–Crippen LogP) is 4.76. The number of benzene rings is 2.